The Morgan fingerprint density at radius 2 is 0.943 bits per heavy atom. The molecule has 0 atom stereocenters. The molecule has 0 radical (unpaired) electrons. The summed E-state index contributed by atoms with van der Waals surface area (Å²) in [4.78, 5) is 11.8. The SMILES string of the molecule is COCCOCCOCCOCCCC(=O)OCCCCCCCCCCCCCCCC(C)C. The van der Waals surface area contributed by atoms with Gasteiger partial charge in [-0.15, -0.1) is 0 Å². The van der Waals surface area contributed by atoms with E-state index < -0.39 is 0 Å². The number of rotatable bonds is 29. The quantitative estimate of drug-likeness (QED) is 0.0801. The van der Waals surface area contributed by atoms with E-state index in [-0.39, 0.29) is 5.97 Å². The molecule has 0 aromatic heterocycles. The van der Waals surface area contributed by atoms with Crippen LogP contribution in [0, 0.1) is 5.92 Å². The third-order valence-electron chi connectivity index (χ3n) is 6.03. The second-order valence-corrected chi connectivity index (χ2v) is 9.93. The molecule has 0 saturated heterocycles. The molecule has 0 saturated carbocycles. The van der Waals surface area contributed by atoms with Crippen LogP contribution >= 0.6 is 0 Å². The molecule has 0 rings (SSSR count). The van der Waals surface area contributed by atoms with Gasteiger partial charge in [0.2, 0.25) is 0 Å². The summed E-state index contributed by atoms with van der Waals surface area (Å²) in [6.45, 7) is 9.13. The molecule has 0 aliphatic heterocycles. The van der Waals surface area contributed by atoms with Gasteiger partial charge < -0.3 is 23.7 Å². The van der Waals surface area contributed by atoms with E-state index in [1.165, 1.54) is 77.0 Å². The van der Waals surface area contributed by atoms with E-state index in [1.807, 2.05) is 0 Å². The lowest BCUT2D eigenvalue weighted by atomic mass is 10.0. The topological polar surface area (TPSA) is 63.2 Å². The lowest BCUT2D eigenvalue weighted by Gasteiger charge is -2.07. The fourth-order valence-corrected chi connectivity index (χ4v) is 3.86. The third kappa shape index (κ3) is 31.3. The van der Waals surface area contributed by atoms with Crippen molar-refractivity contribution in [2.45, 2.75) is 117 Å². The van der Waals surface area contributed by atoms with Gasteiger partial charge in [-0.1, -0.05) is 97.3 Å². The standard InChI is InChI=1S/C29H58O6/c1-28(2)18-15-13-11-9-7-5-4-6-8-10-12-14-16-21-35-29(30)19-17-20-32-24-25-34-27-26-33-23-22-31-3/h28H,4-27H2,1-3H3. The first-order valence-electron chi connectivity index (χ1n) is 14.5. The number of hydrogen-bond donors (Lipinski definition) is 0. The molecule has 0 aromatic rings. The molecule has 0 N–H and O–H groups in total. The van der Waals surface area contributed by atoms with Crippen LogP contribution in [0.4, 0.5) is 0 Å². The van der Waals surface area contributed by atoms with E-state index in [4.69, 9.17) is 23.7 Å². The van der Waals surface area contributed by atoms with Gasteiger partial charge >= 0.3 is 5.97 Å². The maximum absolute atomic E-state index is 11.8. The van der Waals surface area contributed by atoms with Crippen molar-refractivity contribution in [3.05, 3.63) is 0 Å². The van der Waals surface area contributed by atoms with Gasteiger partial charge in [-0.3, -0.25) is 4.79 Å². The first kappa shape index (κ1) is 34.3. The van der Waals surface area contributed by atoms with Crippen molar-refractivity contribution < 1.29 is 28.5 Å². The number of carbonyl (C=O) groups excluding carboxylic acids is 1. The summed E-state index contributed by atoms with van der Waals surface area (Å²) in [7, 11) is 1.65. The molecule has 35 heavy (non-hydrogen) atoms. The Balaban J connectivity index is 3.14. The predicted molar refractivity (Wildman–Crippen MR) is 144 cm³/mol. The van der Waals surface area contributed by atoms with Crippen LogP contribution in [0.5, 0.6) is 0 Å². The maximum atomic E-state index is 11.8. The molecule has 6 nitrogen and oxygen atoms in total. The minimum Gasteiger partial charge on any atom is -0.466 e. The summed E-state index contributed by atoms with van der Waals surface area (Å²) in [6, 6.07) is 0. The highest BCUT2D eigenvalue weighted by Crippen LogP contribution is 2.14. The Morgan fingerprint density at radius 1 is 0.514 bits per heavy atom. The van der Waals surface area contributed by atoms with Crippen LogP contribution in [-0.4, -0.2) is 65.9 Å². The van der Waals surface area contributed by atoms with E-state index >= 15 is 0 Å². The summed E-state index contributed by atoms with van der Waals surface area (Å²) in [6.07, 6.45) is 19.8. The zero-order valence-corrected chi connectivity index (χ0v) is 23.5. The zero-order valence-electron chi connectivity index (χ0n) is 23.5. The highest BCUT2D eigenvalue weighted by molar-refractivity contribution is 5.69. The largest absolute Gasteiger partial charge is 0.466 e. The van der Waals surface area contributed by atoms with Crippen molar-refractivity contribution in [2.75, 3.05) is 60.0 Å². The Morgan fingerprint density at radius 3 is 1.43 bits per heavy atom. The van der Waals surface area contributed by atoms with Gasteiger partial charge in [-0.2, -0.15) is 0 Å². The number of ether oxygens (including phenoxy) is 5. The van der Waals surface area contributed by atoms with Crippen LogP contribution in [0.15, 0.2) is 0 Å². The average molecular weight is 503 g/mol. The van der Waals surface area contributed by atoms with E-state index in [1.54, 1.807) is 7.11 Å². The van der Waals surface area contributed by atoms with Gasteiger partial charge in [0.15, 0.2) is 0 Å². The number of hydrogen-bond acceptors (Lipinski definition) is 6. The van der Waals surface area contributed by atoms with Crippen LogP contribution in [-0.2, 0) is 28.5 Å². The van der Waals surface area contributed by atoms with Gasteiger partial charge in [-0.25, -0.2) is 0 Å². The van der Waals surface area contributed by atoms with Crippen LogP contribution in [0.2, 0.25) is 0 Å². The second-order valence-electron chi connectivity index (χ2n) is 9.93. The van der Waals surface area contributed by atoms with Gasteiger partial charge in [-0.05, 0) is 18.8 Å². The summed E-state index contributed by atoms with van der Waals surface area (Å²) >= 11 is 0. The van der Waals surface area contributed by atoms with E-state index in [9.17, 15) is 4.79 Å². The predicted octanol–water partition coefficient (Wildman–Crippen LogP) is 7.12. The summed E-state index contributed by atoms with van der Waals surface area (Å²) in [5.74, 6) is 0.749. The highest BCUT2D eigenvalue weighted by Gasteiger charge is 2.03. The molecule has 0 aliphatic rings. The number of esters is 1. The molecule has 210 valence electrons. The third-order valence-corrected chi connectivity index (χ3v) is 6.03. The summed E-state index contributed by atoms with van der Waals surface area (Å²) in [5, 5.41) is 0. The minimum atomic E-state index is -0.113. The van der Waals surface area contributed by atoms with Crippen LogP contribution in [0.3, 0.4) is 0 Å². The van der Waals surface area contributed by atoms with Gasteiger partial charge in [0.25, 0.3) is 0 Å². The molecule has 0 amide bonds. The van der Waals surface area contributed by atoms with Gasteiger partial charge in [0.1, 0.15) is 0 Å². The molecular formula is C29H58O6. The van der Waals surface area contributed by atoms with E-state index in [0.717, 1.165) is 18.8 Å². The lowest BCUT2D eigenvalue weighted by Crippen LogP contribution is -2.12. The van der Waals surface area contributed by atoms with Gasteiger partial charge in [0, 0.05) is 20.1 Å². The average Bonchev–Trinajstić information content (AvgIpc) is 2.84. The molecule has 0 heterocycles. The molecular weight excluding hydrogens is 444 g/mol. The Kier molecular flexibility index (Phi) is 29.0. The Bertz CT molecular complexity index is 416. The molecule has 0 unspecified atom stereocenters. The zero-order chi connectivity index (χ0) is 25.7. The summed E-state index contributed by atoms with van der Waals surface area (Å²) in [5.41, 5.74) is 0. The first-order chi connectivity index (χ1) is 17.2. The molecule has 6 heteroatoms. The van der Waals surface area contributed by atoms with Crippen molar-refractivity contribution in [1.29, 1.82) is 0 Å². The summed E-state index contributed by atoms with van der Waals surface area (Å²) < 4.78 is 26.4. The van der Waals surface area contributed by atoms with Crippen molar-refractivity contribution in [2.24, 2.45) is 5.92 Å². The number of carbonyl (C=O) groups is 1. The Labute approximate surface area is 217 Å². The normalized spacial score (nSPS) is 11.4. The molecule has 0 fully saturated rings. The van der Waals surface area contributed by atoms with E-state index in [0.29, 0.717) is 65.7 Å². The second kappa shape index (κ2) is 29.5. The highest BCUT2D eigenvalue weighted by atomic mass is 16.6. The minimum absolute atomic E-state index is 0.113. The smallest absolute Gasteiger partial charge is 0.305 e. The molecule has 0 spiro atoms. The van der Waals surface area contributed by atoms with E-state index in [2.05, 4.69) is 13.8 Å². The monoisotopic (exact) mass is 502 g/mol. The van der Waals surface area contributed by atoms with Crippen LogP contribution in [0.25, 0.3) is 0 Å². The fourth-order valence-electron chi connectivity index (χ4n) is 3.86. The first-order valence-corrected chi connectivity index (χ1v) is 14.5. The van der Waals surface area contributed by atoms with Crippen LogP contribution < -0.4 is 0 Å². The number of methoxy groups -OCH3 is 1. The lowest BCUT2D eigenvalue weighted by molar-refractivity contribution is -0.144. The Hall–Kier alpha value is -0.690. The van der Waals surface area contributed by atoms with Gasteiger partial charge in [0.05, 0.1) is 46.2 Å². The maximum Gasteiger partial charge on any atom is 0.305 e. The van der Waals surface area contributed by atoms with Crippen LogP contribution in [0.1, 0.15) is 117 Å². The molecule has 0 aromatic carbocycles. The van der Waals surface area contributed by atoms with Crippen molar-refractivity contribution in [1.82, 2.24) is 0 Å². The molecule has 0 aliphatic carbocycles. The number of unbranched alkanes of at least 4 members (excludes halogenated alkanes) is 12. The van der Waals surface area contributed by atoms with Crippen molar-refractivity contribution in [3.8, 4) is 0 Å². The van der Waals surface area contributed by atoms with Crippen molar-refractivity contribution >= 4 is 5.97 Å². The fraction of sp³-hybridized carbons (Fsp3) is 0.966. The molecule has 0 bridgehead atoms. The van der Waals surface area contributed by atoms with Crippen molar-refractivity contribution in [3.63, 3.8) is 0 Å².